The van der Waals surface area contributed by atoms with E-state index in [1.807, 2.05) is 19.1 Å². The number of fused-ring (bicyclic) bond motifs is 1. The van der Waals surface area contributed by atoms with E-state index in [0.29, 0.717) is 17.9 Å². The summed E-state index contributed by atoms with van der Waals surface area (Å²) in [4.78, 5) is 17.4. The number of carbonyl (C=O) groups excluding carboxylic acids is 1. The molecule has 2 aromatic carbocycles. The lowest BCUT2D eigenvalue weighted by atomic mass is 9.94. The standard InChI is InChI=1S/C25H32N5O3/c1-17-14-19-15-22(32-4)23(33-5)16-21(19)24(27-30(17)25(31)26-2)18-6-8-20(9-7-18)29-12-10-28(3)11-13-29/h6-9,15-16H,10-14H2,1-5H3,(H,26,31). The van der Waals surface area contributed by atoms with Crippen LogP contribution in [0.15, 0.2) is 41.5 Å². The molecular formula is C25H32N5O3. The summed E-state index contributed by atoms with van der Waals surface area (Å²) in [6, 6.07) is 12.9. The summed E-state index contributed by atoms with van der Waals surface area (Å²) in [5, 5.41) is 8.94. The van der Waals surface area contributed by atoms with E-state index >= 15 is 0 Å². The Balaban J connectivity index is 1.77. The first-order valence-electron chi connectivity index (χ1n) is 11.2. The van der Waals surface area contributed by atoms with Crippen LogP contribution in [0.4, 0.5) is 10.5 Å². The molecule has 1 radical (unpaired) electrons. The molecule has 2 aliphatic heterocycles. The Morgan fingerprint density at radius 3 is 2.24 bits per heavy atom. The number of rotatable bonds is 4. The minimum atomic E-state index is -0.272. The number of nitrogens with one attached hydrogen (secondary N) is 1. The maximum atomic E-state index is 12.6. The first kappa shape index (κ1) is 22.9. The van der Waals surface area contributed by atoms with Gasteiger partial charge in [0.25, 0.3) is 0 Å². The third-order valence-corrected chi connectivity index (χ3v) is 6.29. The zero-order valence-corrected chi connectivity index (χ0v) is 20.0. The molecule has 175 valence electrons. The lowest BCUT2D eigenvalue weighted by Gasteiger charge is -2.34. The van der Waals surface area contributed by atoms with Gasteiger partial charge in [-0.15, -0.1) is 0 Å². The van der Waals surface area contributed by atoms with Crippen LogP contribution in [-0.4, -0.2) is 76.1 Å². The van der Waals surface area contributed by atoms with Crippen LogP contribution in [-0.2, 0) is 6.42 Å². The van der Waals surface area contributed by atoms with E-state index in [4.69, 9.17) is 14.6 Å². The molecule has 0 spiro atoms. The van der Waals surface area contributed by atoms with Gasteiger partial charge in [0.15, 0.2) is 11.5 Å². The quantitative estimate of drug-likeness (QED) is 0.776. The highest BCUT2D eigenvalue weighted by molar-refractivity contribution is 6.14. The van der Waals surface area contributed by atoms with Crippen LogP contribution in [0.2, 0.25) is 0 Å². The van der Waals surface area contributed by atoms with Crippen LogP contribution in [0.1, 0.15) is 23.6 Å². The Labute approximate surface area is 195 Å². The number of methoxy groups -OCH3 is 2. The monoisotopic (exact) mass is 450 g/mol. The minimum Gasteiger partial charge on any atom is -0.493 e. The van der Waals surface area contributed by atoms with Gasteiger partial charge in [-0.1, -0.05) is 12.1 Å². The molecule has 1 N–H and O–H groups in total. The Morgan fingerprint density at radius 2 is 1.64 bits per heavy atom. The van der Waals surface area contributed by atoms with Crippen molar-refractivity contribution in [3.63, 3.8) is 0 Å². The summed E-state index contributed by atoms with van der Waals surface area (Å²) in [5.74, 6) is 1.28. The van der Waals surface area contributed by atoms with E-state index in [-0.39, 0.29) is 6.03 Å². The van der Waals surface area contributed by atoms with Gasteiger partial charge in [-0.3, -0.25) is 0 Å². The third-order valence-electron chi connectivity index (χ3n) is 6.29. The topological polar surface area (TPSA) is 69.6 Å². The number of hydrazone groups is 1. The van der Waals surface area contributed by atoms with E-state index in [0.717, 1.165) is 54.6 Å². The number of piperazine rings is 1. The molecule has 2 aromatic rings. The van der Waals surface area contributed by atoms with Crippen LogP contribution < -0.4 is 19.7 Å². The van der Waals surface area contributed by atoms with E-state index in [1.54, 1.807) is 21.3 Å². The van der Waals surface area contributed by atoms with Crippen molar-refractivity contribution in [3.8, 4) is 11.5 Å². The SMILES string of the molecule is CNC(=O)N1N=C(c2ccc(N3CCN(C)CC3)cc2)c2cc(OC)c(OC)cc2C[C]1C. The highest BCUT2D eigenvalue weighted by atomic mass is 16.5. The smallest absolute Gasteiger partial charge is 0.338 e. The predicted molar refractivity (Wildman–Crippen MR) is 130 cm³/mol. The fraction of sp³-hybridized carbons (Fsp3) is 0.400. The average molecular weight is 451 g/mol. The molecule has 0 aliphatic carbocycles. The Kier molecular flexibility index (Phi) is 6.74. The number of urea groups is 1. The van der Waals surface area contributed by atoms with E-state index in [2.05, 4.69) is 46.4 Å². The molecule has 0 aromatic heterocycles. The van der Waals surface area contributed by atoms with Crippen LogP contribution in [0, 0.1) is 6.04 Å². The van der Waals surface area contributed by atoms with Gasteiger partial charge in [0.1, 0.15) is 0 Å². The number of hydrogen-bond acceptors (Lipinski definition) is 6. The summed E-state index contributed by atoms with van der Waals surface area (Å²) >= 11 is 0. The molecule has 1 saturated heterocycles. The normalized spacial score (nSPS) is 17.2. The summed E-state index contributed by atoms with van der Waals surface area (Å²) in [6.45, 7) is 6.04. The molecule has 0 saturated carbocycles. The second-order valence-corrected chi connectivity index (χ2v) is 8.43. The molecule has 33 heavy (non-hydrogen) atoms. The number of anilines is 1. The molecule has 8 heteroatoms. The zero-order valence-electron chi connectivity index (χ0n) is 20.0. The molecular weight excluding hydrogens is 418 g/mol. The van der Waals surface area contributed by atoms with Gasteiger partial charge in [-0.05, 0) is 43.8 Å². The molecule has 2 heterocycles. The number of amides is 2. The third kappa shape index (κ3) is 4.61. The summed E-state index contributed by atoms with van der Waals surface area (Å²) in [6.07, 6.45) is 0.565. The number of benzene rings is 2. The van der Waals surface area contributed by atoms with Gasteiger partial charge in [0, 0.05) is 56.5 Å². The number of likely N-dealkylation sites (N-methyl/N-ethyl adjacent to an activating group) is 1. The van der Waals surface area contributed by atoms with Gasteiger partial charge in [-0.25, -0.2) is 9.80 Å². The maximum absolute atomic E-state index is 12.6. The van der Waals surface area contributed by atoms with E-state index in [9.17, 15) is 4.79 Å². The molecule has 2 aliphatic rings. The van der Waals surface area contributed by atoms with Gasteiger partial charge in [0.05, 0.1) is 26.0 Å². The first-order valence-corrected chi connectivity index (χ1v) is 11.2. The van der Waals surface area contributed by atoms with Crippen molar-refractivity contribution < 1.29 is 14.3 Å². The van der Waals surface area contributed by atoms with Gasteiger partial charge < -0.3 is 24.6 Å². The maximum Gasteiger partial charge on any atom is 0.338 e. The van der Waals surface area contributed by atoms with Crippen LogP contribution in [0.25, 0.3) is 0 Å². The predicted octanol–water partition coefficient (Wildman–Crippen LogP) is 2.96. The highest BCUT2D eigenvalue weighted by Gasteiger charge is 2.29. The fourth-order valence-electron chi connectivity index (χ4n) is 4.31. The van der Waals surface area contributed by atoms with Gasteiger partial charge in [-0.2, -0.15) is 5.10 Å². The second kappa shape index (κ2) is 9.70. The van der Waals surface area contributed by atoms with E-state index < -0.39 is 0 Å². The molecule has 0 atom stereocenters. The minimum absolute atomic E-state index is 0.272. The van der Waals surface area contributed by atoms with Crippen molar-refractivity contribution in [3.05, 3.63) is 59.1 Å². The number of ether oxygens (including phenoxy) is 2. The van der Waals surface area contributed by atoms with Crippen LogP contribution >= 0.6 is 0 Å². The Bertz CT molecular complexity index is 1030. The number of hydrogen-bond donors (Lipinski definition) is 1. The molecule has 2 amide bonds. The average Bonchev–Trinajstić information content (AvgIpc) is 2.98. The van der Waals surface area contributed by atoms with Crippen LogP contribution in [0.5, 0.6) is 11.5 Å². The molecule has 0 unspecified atom stereocenters. The van der Waals surface area contributed by atoms with Gasteiger partial charge in [0.2, 0.25) is 0 Å². The molecule has 1 fully saturated rings. The molecule has 0 bridgehead atoms. The Morgan fingerprint density at radius 1 is 1.00 bits per heavy atom. The number of carbonyl (C=O) groups is 1. The van der Waals surface area contributed by atoms with Crippen molar-refractivity contribution in [1.29, 1.82) is 0 Å². The van der Waals surface area contributed by atoms with Gasteiger partial charge >= 0.3 is 6.03 Å². The van der Waals surface area contributed by atoms with Crippen molar-refractivity contribution in [2.45, 2.75) is 13.3 Å². The second-order valence-electron chi connectivity index (χ2n) is 8.43. The van der Waals surface area contributed by atoms with E-state index in [1.165, 1.54) is 10.7 Å². The van der Waals surface area contributed by atoms with Crippen molar-refractivity contribution >= 4 is 17.4 Å². The Hall–Kier alpha value is -3.26. The highest BCUT2D eigenvalue weighted by Crippen LogP contribution is 2.36. The van der Waals surface area contributed by atoms with Crippen molar-refractivity contribution in [1.82, 2.24) is 15.2 Å². The van der Waals surface area contributed by atoms with Crippen molar-refractivity contribution in [2.75, 3.05) is 59.4 Å². The lowest BCUT2D eigenvalue weighted by molar-refractivity contribution is 0.205. The zero-order chi connectivity index (χ0) is 23.5. The fourth-order valence-corrected chi connectivity index (χ4v) is 4.31. The summed E-state index contributed by atoms with van der Waals surface area (Å²) in [5.41, 5.74) is 4.80. The first-order chi connectivity index (χ1) is 15.9. The molecule has 8 nitrogen and oxygen atoms in total. The summed E-state index contributed by atoms with van der Waals surface area (Å²) in [7, 11) is 7.01. The molecule has 4 rings (SSSR count). The van der Waals surface area contributed by atoms with Crippen LogP contribution in [0.3, 0.4) is 0 Å². The summed E-state index contributed by atoms with van der Waals surface area (Å²) < 4.78 is 11.1. The number of nitrogens with zero attached hydrogens (tertiary/aromatic N) is 4. The van der Waals surface area contributed by atoms with Crippen molar-refractivity contribution in [2.24, 2.45) is 5.10 Å². The lowest BCUT2D eigenvalue weighted by Crippen LogP contribution is -2.44. The largest absolute Gasteiger partial charge is 0.493 e.